The SMILES string of the molecule is CN1C(=O)COc2ccc(S(=O)(=O)Nc3ccccc3C(=O)NC3CC3)cc21. The fourth-order valence-electron chi connectivity index (χ4n) is 2.88. The molecule has 0 radical (unpaired) electrons. The highest BCUT2D eigenvalue weighted by Crippen LogP contribution is 2.34. The number of anilines is 2. The third kappa shape index (κ3) is 3.53. The van der Waals surface area contributed by atoms with Crippen molar-refractivity contribution in [3.8, 4) is 5.75 Å². The Bertz CT molecular complexity index is 1060. The molecule has 8 nitrogen and oxygen atoms in total. The first-order valence-corrected chi connectivity index (χ1v) is 10.3. The number of fused-ring (bicyclic) bond motifs is 1. The molecule has 0 unspecified atom stereocenters. The number of benzene rings is 2. The number of carbonyl (C=O) groups excluding carboxylic acids is 2. The molecule has 1 heterocycles. The van der Waals surface area contributed by atoms with Crippen LogP contribution in [0.4, 0.5) is 11.4 Å². The molecule has 4 rings (SSSR count). The number of likely N-dealkylation sites (N-methyl/N-ethyl adjacent to an activating group) is 1. The molecule has 0 atom stereocenters. The second-order valence-corrected chi connectivity index (χ2v) is 8.45. The van der Waals surface area contributed by atoms with Crippen LogP contribution >= 0.6 is 0 Å². The van der Waals surface area contributed by atoms with Crippen molar-refractivity contribution in [1.29, 1.82) is 0 Å². The van der Waals surface area contributed by atoms with Crippen molar-refractivity contribution in [1.82, 2.24) is 5.32 Å². The lowest BCUT2D eigenvalue weighted by Crippen LogP contribution is -2.35. The number of ether oxygens (including phenoxy) is 1. The van der Waals surface area contributed by atoms with Crippen LogP contribution in [0.5, 0.6) is 5.75 Å². The lowest BCUT2D eigenvalue weighted by molar-refractivity contribution is -0.121. The summed E-state index contributed by atoms with van der Waals surface area (Å²) in [7, 11) is -2.42. The van der Waals surface area contributed by atoms with Gasteiger partial charge in [-0.2, -0.15) is 0 Å². The summed E-state index contributed by atoms with van der Waals surface area (Å²) >= 11 is 0. The number of nitrogens with zero attached hydrogens (tertiary/aromatic N) is 1. The maximum Gasteiger partial charge on any atom is 0.264 e. The van der Waals surface area contributed by atoms with E-state index in [0.717, 1.165) is 12.8 Å². The van der Waals surface area contributed by atoms with Crippen molar-refractivity contribution < 1.29 is 22.7 Å². The maximum absolute atomic E-state index is 12.9. The number of hydrogen-bond donors (Lipinski definition) is 2. The highest BCUT2D eigenvalue weighted by atomic mass is 32.2. The Balaban J connectivity index is 1.64. The van der Waals surface area contributed by atoms with E-state index in [1.165, 1.54) is 29.2 Å². The van der Waals surface area contributed by atoms with E-state index in [1.807, 2.05) is 0 Å². The number of para-hydroxylation sites is 1. The molecule has 2 aliphatic rings. The molecule has 2 aromatic carbocycles. The Kier molecular flexibility index (Phi) is 4.46. The molecule has 28 heavy (non-hydrogen) atoms. The molecule has 9 heteroatoms. The Morgan fingerprint density at radius 2 is 1.93 bits per heavy atom. The number of nitrogens with one attached hydrogen (secondary N) is 2. The van der Waals surface area contributed by atoms with Gasteiger partial charge in [-0.1, -0.05) is 12.1 Å². The third-order valence-electron chi connectivity index (χ3n) is 4.66. The van der Waals surface area contributed by atoms with E-state index in [4.69, 9.17) is 4.74 Å². The molecule has 146 valence electrons. The Morgan fingerprint density at radius 3 is 2.68 bits per heavy atom. The zero-order chi connectivity index (χ0) is 19.9. The number of amides is 2. The van der Waals surface area contributed by atoms with Crippen molar-refractivity contribution in [3.63, 3.8) is 0 Å². The van der Waals surface area contributed by atoms with Gasteiger partial charge in [-0.15, -0.1) is 0 Å². The number of sulfonamides is 1. The molecule has 2 aromatic rings. The first-order chi connectivity index (χ1) is 13.3. The average Bonchev–Trinajstić information content (AvgIpc) is 3.48. The van der Waals surface area contributed by atoms with Crippen LogP contribution in [0.15, 0.2) is 47.4 Å². The van der Waals surface area contributed by atoms with Crippen LogP contribution in [0.3, 0.4) is 0 Å². The minimum atomic E-state index is -3.98. The number of carbonyl (C=O) groups is 2. The van der Waals surface area contributed by atoms with Gasteiger partial charge in [0.1, 0.15) is 5.75 Å². The van der Waals surface area contributed by atoms with Crippen LogP contribution in [-0.4, -0.2) is 39.9 Å². The molecule has 1 aliphatic carbocycles. The van der Waals surface area contributed by atoms with Crippen molar-refractivity contribution in [3.05, 3.63) is 48.0 Å². The van der Waals surface area contributed by atoms with E-state index >= 15 is 0 Å². The monoisotopic (exact) mass is 401 g/mol. The summed E-state index contributed by atoms with van der Waals surface area (Å²) < 4.78 is 33.6. The molecule has 0 spiro atoms. The Morgan fingerprint density at radius 1 is 1.18 bits per heavy atom. The van der Waals surface area contributed by atoms with Gasteiger partial charge in [0.05, 0.1) is 21.8 Å². The van der Waals surface area contributed by atoms with Gasteiger partial charge in [-0.05, 0) is 43.2 Å². The minimum Gasteiger partial charge on any atom is -0.482 e. The van der Waals surface area contributed by atoms with Gasteiger partial charge in [0, 0.05) is 13.1 Å². The standard InChI is InChI=1S/C19H19N3O5S/c1-22-16-10-13(8-9-17(16)27-11-18(22)23)28(25,26)21-15-5-3-2-4-14(15)19(24)20-12-6-7-12/h2-5,8-10,12,21H,6-7,11H2,1H3,(H,20,24). The number of hydrogen-bond acceptors (Lipinski definition) is 5. The molecule has 0 bridgehead atoms. The second kappa shape index (κ2) is 6.83. The van der Waals surface area contributed by atoms with Gasteiger partial charge in [0.15, 0.2) is 6.61 Å². The summed E-state index contributed by atoms with van der Waals surface area (Å²) in [6.07, 6.45) is 1.87. The Hall–Kier alpha value is -3.07. The summed E-state index contributed by atoms with van der Waals surface area (Å²) in [5.41, 5.74) is 0.824. The third-order valence-corrected chi connectivity index (χ3v) is 6.02. The topological polar surface area (TPSA) is 105 Å². The molecule has 0 saturated heterocycles. The largest absolute Gasteiger partial charge is 0.482 e. The van der Waals surface area contributed by atoms with Crippen molar-refractivity contribution >= 4 is 33.2 Å². The van der Waals surface area contributed by atoms with Crippen LogP contribution in [0.2, 0.25) is 0 Å². The quantitative estimate of drug-likeness (QED) is 0.794. The lowest BCUT2D eigenvalue weighted by atomic mass is 10.1. The molecule has 1 fully saturated rings. The molecule has 0 aromatic heterocycles. The van der Waals surface area contributed by atoms with E-state index in [2.05, 4.69) is 10.0 Å². The first-order valence-electron chi connectivity index (χ1n) is 8.81. The predicted octanol–water partition coefficient (Wildman–Crippen LogP) is 1.73. The van der Waals surface area contributed by atoms with Gasteiger partial charge in [-0.3, -0.25) is 14.3 Å². The van der Waals surface area contributed by atoms with Gasteiger partial charge in [0.2, 0.25) is 0 Å². The highest BCUT2D eigenvalue weighted by molar-refractivity contribution is 7.92. The molecule has 1 saturated carbocycles. The zero-order valence-corrected chi connectivity index (χ0v) is 16.0. The van der Waals surface area contributed by atoms with Gasteiger partial charge in [-0.25, -0.2) is 8.42 Å². The molecular weight excluding hydrogens is 382 g/mol. The smallest absolute Gasteiger partial charge is 0.264 e. The lowest BCUT2D eigenvalue weighted by Gasteiger charge is -2.26. The molecular formula is C19H19N3O5S. The van der Waals surface area contributed by atoms with Gasteiger partial charge in [0.25, 0.3) is 21.8 Å². The van der Waals surface area contributed by atoms with Crippen LogP contribution < -0.4 is 19.7 Å². The molecule has 2 N–H and O–H groups in total. The van der Waals surface area contributed by atoms with E-state index in [0.29, 0.717) is 11.4 Å². The summed E-state index contributed by atoms with van der Waals surface area (Å²) in [6.45, 7) is -0.0860. The molecule has 2 amide bonds. The second-order valence-electron chi connectivity index (χ2n) is 6.77. The van der Waals surface area contributed by atoms with E-state index in [9.17, 15) is 18.0 Å². The molecule has 1 aliphatic heterocycles. The fraction of sp³-hybridized carbons (Fsp3) is 0.263. The minimum absolute atomic E-state index is 0.0335. The van der Waals surface area contributed by atoms with E-state index < -0.39 is 10.0 Å². The van der Waals surface area contributed by atoms with Crippen molar-refractivity contribution in [2.24, 2.45) is 0 Å². The summed E-state index contributed by atoms with van der Waals surface area (Å²) in [6, 6.07) is 10.9. The predicted molar refractivity (Wildman–Crippen MR) is 103 cm³/mol. The normalized spacial score (nSPS) is 16.2. The summed E-state index contributed by atoms with van der Waals surface area (Å²) in [4.78, 5) is 25.5. The van der Waals surface area contributed by atoms with Crippen LogP contribution in [0.1, 0.15) is 23.2 Å². The van der Waals surface area contributed by atoms with Crippen LogP contribution in [0, 0.1) is 0 Å². The van der Waals surface area contributed by atoms with Crippen molar-refractivity contribution in [2.75, 3.05) is 23.3 Å². The van der Waals surface area contributed by atoms with Crippen LogP contribution in [-0.2, 0) is 14.8 Å². The van der Waals surface area contributed by atoms with E-state index in [1.54, 1.807) is 25.2 Å². The zero-order valence-electron chi connectivity index (χ0n) is 15.1. The van der Waals surface area contributed by atoms with Crippen LogP contribution in [0.25, 0.3) is 0 Å². The van der Waals surface area contributed by atoms with E-state index in [-0.39, 0.29) is 40.6 Å². The summed E-state index contributed by atoms with van der Waals surface area (Å²) in [5, 5.41) is 2.85. The number of rotatable bonds is 5. The van der Waals surface area contributed by atoms with Gasteiger partial charge >= 0.3 is 0 Å². The Labute approximate surface area is 162 Å². The summed E-state index contributed by atoms with van der Waals surface area (Å²) in [5.74, 6) is -0.146. The maximum atomic E-state index is 12.9. The highest BCUT2D eigenvalue weighted by Gasteiger charge is 2.27. The average molecular weight is 401 g/mol. The first kappa shape index (κ1) is 18.3. The van der Waals surface area contributed by atoms with Gasteiger partial charge < -0.3 is 15.0 Å². The van der Waals surface area contributed by atoms with Crippen molar-refractivity contribution in [2.45, 2.75) is 23.8 Å². The fourth-order valence-corrected chi connectivity index (χ4v) is 3.98.